The molecule has 27 heavy (non-hydrogen) atoms. The Balaban J connectivity index is 2.39. The molecule has 0 fully saturated rings. The Kier molecular flexibility index (Phi) is 6.25. The first-order chi connectivity index (χ1) is 12.7. The van der Waals surface area contributed by atoms with Crippen LogP contribution in [0.3, 0.4) is 0 Å². The van der Waals surface area contributed by atoms with E-state index < -0.39 is 12.0 Å². The monoisotopic (exact) mass is 374 g/mol. The molecular formula is C20H26N2O5. The molecule has 1 amide bonds. The highest BCUT2D eigenvalue weighted by atomic mass is 16.5. The molecule has 0 aliphatic rings. The summed E-state index contributed by atoms with van der Waals surface area (Å²) in [5, 5.41) is 0. The zero-order valence-corrected chi connectivity index (χ0v) is 16.6. The molecule has 2 aromatic rings. The molecule has 2 aromatic heterocycles. The molecule has 7 nitrogen and oxygen atoms in total. The van der Waals surface area contributed by atoms with Crippen molar-refractivity contribution in [3.8, 4) is 0 Å². The van der Waals surface area contributed by atoms with E-state index in [1.807, 2.05) is 13.8 Å². The molecule has 0 saturated carbocycles. The maximum absolute atomic E-state index is 13.2. The van der Waals surface area contributed by atoms with E-state index in [0.717, 1.165) is 0 Å². The number of hydrogen-bond acceptors (Lipinski definition) is 5. The fraction of sp³-hybridized carbons (Fsp3) is 0.450. The molecule has 0 bridgehead atoms. The van der Waals surface area contributed by atoms with E-state index in [1.165, 1.54) is 18.3 Å². The first kappa shape index (κ1) is 20.5. The molecule has 0 radical (unpaired) electrons. The largest absolute Gasteiger partial charge is 0.464 e. The second kappa shape index (κ2) is 8.24. The van der Waals surface area contributed by atoms with Crippen LogP contribution in [0.2, 0.25) is 0 Å². The molecule has 0 unspecified atom stereocenters. The lowest BCUT2D eigenvalue weighted by molar-refractivity contribution is 0.0577. The van der Waals surface area contributed by atoms with Crippen molar-refractivity contribution in [3.05, 3.63) is 46.7 Å². The number of ketones is 1. The maximum Gasteiger partial charge on any atom is 0.354 e. The van der Waals surface area contributed by atoms with E-state index >= 15 is 0 Å². The SMILES string of the molecule is COC(=O)c1[nH]c(C)c(C(=O)[C@H](C)N(CC(C)C)C(=O)c2ccco2)c1C. The van der Waals surface area contributed by atoms with Crippen LogP contribution in [-0.2, 0) is 4.74 Å². The average Bonchev–Trinajstić information content (AvgIpc) is 3.25. The van der Waals surface area contributed by atoms with Gasteiger partial charge < -0.3 is 19.0 Å². The number of rotatable bonds is 7. The molecule has 0 aliphatic heterocycles. The average molecular weight is 374 g/mol. The number of aryl methyl sites for hydroxylation is 1. The van der Waals surface area contributed by atoms with Crippen molar-refractivity contribution < 1.29 is 23.5 Å². The Labute approximate surface area is 158 Å². The summed E-state index contributed by atoms with van der Waals surface area (Å²) in [4.78, 5) is 42.4. The Bertz CT molecular complexity index is 833. The zero-order valence-electron chi connectivity index (χ0n) is 16.6. The summed E-state index contributed by atoms with van der Waals surface area (Å²) in [6, 6.07) is 2.49. The number of ether oxygens (including phenoxy) is 1. The number of aromatic amines is 1. The number of nitrogens with one attached hydrogen (secondary N) is 1. The van der Waals surface area contributed by atoms with Gasteiger partial charge in [-0.3, -0.25) is 9.59 Å². The van der Waals surface area contributed by atoms with Crippen LogP contribution in [0.1, 0.15) is 63.4 Å². The summed E-state index contributed by atoms with van der Waals surface area (Å²) in [5.74, 6) is -0.759. The van der Waals surface area contributed by atoms with Crippen LogP contribution >= 0.6 is 0 Å². The van der Waals surface area contributed by atoms with Gasteiger partial charge in [-0.2, -0.15) is 0 Å². The van der Waals surface area contributed by atoms with Crippen molar-refractivity contribution >= 4 is 17.7 Å². The summed E-state index contributed by atoms with van der Waals surface area (Å²) in [7, 11) is 1.29. The van der Waals surface area contributed by atoms with Gasteiger partial charge in [0.1, 0.15) is 5.69 Å². The van der Waals surface area contributed by atoms with Crippen molar-refractivity contribution in [2.45, 2.75) is 40.7 Å². The van der Waals surface area contributed by atoms with E-state index in [9.17, 15) is 14.4 Å². The van der Waals surface area contributed by atoms with Crippen LogP contribution in [-0.4, -0.2) is 47.2 Å². The van der Waals surface area contributed by atoms with Gasteiger partial charge in [0.05, 0.1) is 19.4 Å². The maximum atomic E-state index is 13.2. The first-order valence-electron chi connectivity index (χ1n) is 8.85. The number of carbonyl (C=O) groups is 3. The fourth-order valence-electron chi connectivity index (χ4n) is 3.13. The predicted molar refractivity (Wildman–Crippen MR) is 100.0 cm³/mol. The number of methoxy groups -OCH3 is 1. The lowest BCUT2D eigenvalue weighted by Gasteiger charge is -2.29. The highest BCUT2D eigenvalue weighted by Crippen LogP contribution is 2.23. The van der Waals surface area contributed by atoms with Gasteiger partial charge in [-0.25, -0.2) is 4.79 Å². The Morgan fingerprint density at radius 2 is 1.89 bits per heavy atom. The number of furan rings is 1. The minimum atomic E-state index is -0.719. The lowest BCUT2D eigenvalue weighted by Crippen LogP contribution is -2.45. The van der Waals surface area contributed by atoms with Crippen LogP contribution in [0, 0.1) is 19.8 Å². The molecule has 0 spiro atoms. The lowest BCUT2D eigenvalue weighted by atomic mass is 9.99. The topological polar surface area (TPSA) is 92.6 Å². The van der Waals surface area contributed by atoms with Crippen LogP contribution in [0.25, 0.3) is 0 Å². The van der Waals surface area contributed by atoms with Gasteiger partial charge in [0, 0.05) is 17.8 Å². The number of nitrogens with zero attached hydrogens (tertiary/aromatic N) is 1. The van der Waals surface area contributed by atoms with E-state index in [-0.39, 0.29) is 29.1 Å². The fourth-order valence-corrected chi connectivity index (χ4v) is 3.13. The van der Waals surface area contributed by atoms with Gasteiger partial charge in [-0.1, -0.05) is 13.8 Å². The van der Waals surface area contributed by atoms with E-state index in [4.69, 9.17) is 9.15 Å². The summed E-state index contributed by atoms with van der Waals surface area (Å²) in [6.45, 7) is 9.45. The third kappa shape index (κ3) is 4.13. The summed E-state index contributed by atoms with van der Waals surface area (Å²) >= 11 is 0. The Morgan fingerprint density at radius 3 is 2.41 bits per heavy atom. The molecule has 7 heteroatoms. The Morgan fingerprint density at radius 1 is 1.22 bits per heavy atom. The van der Waals surface area contributed by atoms with Crippen molar-refractivity contribution in [1.29, 1.82) is 0 Å². The number of esters is 1. The highest BCUT2D eigenvalue weighted by molar-refractivity contribution is 6.07. The number of carbonyl (C=O) groups excluding carboxylic acids is 3. The number of amides is 1. The Hall–Kier alpha value is -2.83. The molecule has 2 heterocycles. The third-order valence-corrected chi connectivity index (χ3v) is 4.48. The quantitative estimate of drug-likeness (QED) is 0.592. The molecular weight excluding hydrogens is 348 g/mol. The van der Waals surface area contributed by atoms with Gasteiger partial charge in [-0.05, 0) is 44.4 Å². The molecule has 0 saturated heterocycles. The second-order valence-electron chi connectivity index (χ2n) is 6.99. The second-order valence-corrected chi connectivity index (χ2v) is 6.99. The number of H-pyrrole nitrogens is 1. The number of aromatic nitrogens is 1. The molecule has 1 atom stereocenters. The van der Waals surface area contributed by atoms with E-state index in [1.54, 1.807) is 32.9 Å². The number of Topliss-reactive ketones (excluding diaryl/α,β-unsaturated/α-hetero) is 1. The molecule has 1 N–H and O–H groups in total. The van der Waals surface area contributed by atoms with Gasteiger partial charge in [-0.15, -0.1) is 0 Å². The minimum absolute atomic E-state index is 0.165. The van der Waals surface area contributed by atoms with Crippen molar-refractivity contribution in [2.24, 2.45) is 5.92 Å². The third-order valence-electron chi connectivity index (χ3n) is 4.48. The van der Waals surface area contributed by atoms with Gasteiger partial charge in [0.25, 0.3) is 5.91 Å². The zero-order chi connectivity index (χ0) is 20.3. The van der Waals surface area contributed by atoms with Gasteiger partial charge in [0.2, 0.25) is 0 Å². The molecule has 0 aliphatic carbocycles. The first-order valence-corrected chi connectivity index (χ1v) is 8.85. The van der Waals surface area contributed by atoms with Crippen LogP contribution in [0.15, 0.2) is 22.8 Å². The summed E-state index contributed by atoms with van der Waals surface area (Å²) in [5.41, 5.74) is 1.74. The minimum Gasteiger partial charge on any atom is -0.464 e. The van der Waals surface area contributed by atoms with Crippen molar-refractivity contribution in [1.82, 2.24) is 9.88 Å². The van der Waals surface area contributed by atoms with Gasteiger partial charge >= 0.3 is 5.97 Å². The smallest absolute Gasteiger partial charge is 0.354 e. The molecule has 146 valence electrons. The van der Waals surface area contributed by atoms with Crippen LogP contribution in [0.4, 0.5) is 0 Å². The summed E-state index contributed by atoms with van der Waals surface area (Å²) in [6.07, 6.45) is 1.43. The summed E-state index contributed by atoms with van der Waals surface area (Å²) < 4.78 is 9.98. The van der Waals surface area contributed by atoms with Gasteiger partial charge in [0.15, 0.2) is 11.5 Å². The molecule has 2 rings (SSSR count). The normalized spacial score (nSPS) is 12.1. The molecule has 0 aromatic carbocycles. The standard InChI is InChI=1S/C20H26N2O5/c1-11(2)10-22(19(24)15-8-7-9-27-15)14(5)18(23)16-12(3)17(20(25)26-6)21-13(16)4/h7-9,11,14,21H,10H2,1-6H3/t14-/m0/s1. The predicted octanol–water partition coefficient (Wildman–Crippen LogP) is 3.38. The van der Waals surface area contributed by atoms with Crippen molar-refractivity contribution in [3.63, 3.8) is 0 Å². The van der Waals surface area contributed by atoms with Crippen LogP contribution < -0.4 is 0 Å². The van der Waals surface area contributed by atoms with Crippen molar-refractivity contribution in [2.75, 3.05) is 13.7 Å². The highest BCUT2D eigenvalue weighted by Gasteiger charge is 2.32. The van der Waals surface area contributed by atoms with E-state index in [0.29, 0.717) is 23.4 Å². The van der Waals surface area contributed by atoms with Crippen LogP contribution in [0.5, 0.6) is 0 Å². The van der Waals surface area contributed by atoms with E-state index in [2.05, 4.69) is 4.98 Å². The number of hydrogen-bond donors (Lipinski definition) is 1.